The van der Waals surface area contributed by atoms with Gasteiger partial charge in [0.05, 0.1) is 0 Å². The molecule has 1 atom stereocenters. The minimum Gasteiger partial charge on any atom is -0.350 e. The molecule has 4 rings (SSSR count). The van der Waals surface area contributed by atoms with E-state index < -0.39 is 0 Å². The maximum atomic E-state index is 13.0. The molecule has 2 aromatic rings. The number of benzene rings is 1. The molecule has 4 heteroatoms. The van der Waals surface area contributed by atoms with E-state index in [2.05, 4.69) is 4.98 Å². The van der Waals surface area contributed by atoms with Gasteiger partial charge in [0.1, 0.15) is 5.69 Å². The Hall–Kier alpha value is -2.10. The average molecular weight is 310 g/mol. The second kappa shape index (κ2) is 5.84. The molecule has 0 radical (unpaired) electrons. The van der Waals surface area contributed by atoms with Gasteiger partial charge in [0.25, 0.3) is 5.91 Å². The summed E-state index contributed by atoms with van der Waals surface area (Å²) in [4.78, 5) is 30.4. The van der Waals surface area contributed by atoms with Crippen molar-refractivity contribution in [3.05, 3.63) is 46.2 Å². The number of H-pyrrole nitrogens is 1. The van der Waals surface area contributed by atoms with E-state index in [1.54, 1.807) is 6.07 Å². The number of rotatable bonds is 2. The Labute approximate surface area is 135 Å². The molecule has 4 nitrogen and oxygen atoms in total. The number of carbonyl (C=O) groups excluding carboxylic acids is 1. The van der Waals surface area contributed by atoms with Gasteiger partial charge < -0.3 is 9.88 Å². The highest BCUT2D eigenvalue weighted by atomic mass is 16.2. The Morgan fingerprint density at radius 1 is 1.09 bits per heavy atom. The van der Waals surface area contributed by atoms with Gasteiger partial charge in [0.2, 0.25) is 0 Å². The number of likely N-dealkylation sites (tertiary alicyclic amines) is 1. The first-order valence-electron chi connectivity index (χ1n) is 8.67. The van der Waals surface area contributed by atoms with Gasteiger partial charge in [-0.15, -0.1) is 0 Å². The van der Waals surface area contributed by atoms with Crippen molar-refractivity contribution in [3.63, 3.8) is 0 Å². The summed E-state index contributed by atoms with van der Waals surface area (Å²) in [6, 6.07) is 9.19. The van der Waals surface area contributed by atoms with Gasteiger partial charge in [-0.3, -0.25) is 9.59 Å². The lowest BCUT2D eigenvalue weighted by molar-refractivity contribution is 0.0683. The molecular weight excluding hydrogens is 288 g/mol. The second-order valence-electron chi connectivity index (χ2n) is 6.85. The molecule has 1 saturated heterocycles. The summed E-state index contributed by atoms with van der Waals surface area (Å²) in [5.74, 6) is 0.635. The fourth-order valence-corrected chi connectivity index (χ4v) is 4.34. The van der Waals surface area contributed by atoms with Crippen LogP contribution in [0.1, 0.15) is 49.0 Å². The molecule has 1 aliphatic carbocycles. The first-order valence-corrected chi connectivity index (χ1v) is 8.67. The van der Waals surface area contributed by atoms with Crippen molar-refractivity contribution < 1.29 is 4.79 Å². The van der Waals surface area contributed by atoms with Gasteiger partial charge in [-0.05, 0) is 43.7 Å². The van der Waals surface area contributed by atoms with Crippen molar-refractivity contribution >= 4 is 16.8 Å². The largest absolute Gasteiger partial charge is 0.350 e. The van der Waals surface area contributed by atoms with E-state index in [4.69, 9.17) is 0 Å². The molecular formula is C19H22N2O2. The van der Waals surface area contributed by atoms with Crippen LogP contribution in [-0.4, -0.2) is 28.4 Å². The van der Waals surface area contributed by atoms with E-state index in [0.717, 1.165) is 24.9 Å². The molecule has 0 unspecified atom stereocenters. The number of pyridine rings is 1. The summed E-state index contributed by atoms with van der Waals surface area (Å²) in [6.07, 6.45) is 7.23. The number of aromatic amines is 1. The fraction of sp³-hybridized carbons (Fsp3) is 0.474. The lowest BCUT2D eigenvalue weighted by Crippen LogP contribution is -2.40. The molecule has 1 aromatic carbocycles. The summed E-state index contributed by atoms with van der Waals surface area (Å²) in [5.41, 5.74) is 1.08. The number of aromatic nitrogens is 1. The molecule has 1 amide bonds. The molecule has 1 aromatic heterocycles. The molecule has 0 bridgehead atoms. The van der Waals surface area contributed by atoms with E-state index in [1.807, 2.05) is 23.1 Å². The Bertz CT molecular complexity index is 789. The molecule has 2 fully saturated rings. The Morgan fingerprint density at radius 3 is 2.70 bits per heavy atom. The number of hydrogen-bond acceptors (Lipinski definition) is 2. The predicted molar refractivity (Wildman–Crippen MR) is 90.6 cm³/mol. The van der Waals surface area contributed by atoms with E-state index in [9.17, 15) is 9.59 Å². The highest BCUT2D eigenvalue weighted by molar-refractivity contribution is 5.95. The molecule has 23 heavy (non-hydrogen) atoms. The van der Waals surface area contributed by atoms with Crippen LogP contribution < -0.4 is 5.43 Å². The maximum absolute atomic E-state index is 13.0. The molecule has 1 N–H and O–H groups in total. The minimum absolute atomic E-state index is 0.0118. The quantitative estimate of drug-likeness (QED) is 0.925. The van der Waals surface area contributed by atoms with Gasteiger partial charge in [-0.2, -0.15) is 0 Å². The smallest absolute Gasteiger partial charge is 0.270 e. The third-order valence-corrected chi connectivity index (χ3v) is 5.47. The molecule has 120 valence electrons. The SMILES string of the molecule is O=C(c1cc(=O)c2ccccc2[nH]1)N1CCC[C@H]1C1CCCC1. The maximum Gasteiger partial charge on any atom is 0.270 e. The van der Waals surface area contributed by atoms with Crippen molar-refractivity contribution in [2.24, 2.45) is 5.92 Å². The van der Waals surface area contributed by atoms with Crippen LogP contribution in [0.4, 0.5) is 0 Å². The zero-order valence-electron chi connectivity index (χ0n) is 13.3. The van der Waals surface area contributed by atoms with E-state index in [0.29, 0.717) is 23.0 Å². The fourth-order valence-electron chi connectivity index (χ4n) is 4.34. The van der Waals surface area contributed by atoms with Crippen molar-refractivity contribution in [2.75, 3.05) is 6.54 Å². The van der Waals surface area contributed by atoms with Crippen LogP contribution in [0.5, 0.6) is 0 Å². The first-order chi connectivity index (χ1) is 11.2. The van der Waals surface area contributed by atoms with Gasteiger partial charge in [0, 0.05) is 29.6 Å². The summed E-state index contributed by atoms with van der Waals surface area (Å²) in [6.45, 7) is 0.814. The van der Waals surface area contributed by atoms with Crippen LogP contribution in [0.2, 0.25) is 0 Å². The number of hydrogen-bond donors (Lipinski definition) is 1. The third-order valence-electron chi connectivity index (χ3n) is 5.47. The van der Waals surface area contributed by atoms with Crippen molar-refractivity contribution in [2.45, 2.75) is 44.6 Å². The van der Waals surface area contributed by atoms with Crippen molar-refractivity contribution in [3.8, 4) is 0 Å². The number of amides is 1. The van der Waals surface area contributed by atoms with Gasteiger partial charge in [-0.1, -0.05) is 25.0 Å². The number of nitrogens with one attached hydrogen (secondary N) is 1. The zero-order chi connectivity index (χ0) is 15.8. The number of fused-ring (bicyclic) bond motifs is 1. The minimum atomic E-state index is -0.0840. The van der Waals surface area contributed by atoms with Crippen molar-refractivity contribution in [1.82, 2.24) is 9.88 Å². The van der Waals surface area contributed by atoms with Gasteiger partial charge in [0.15, 0.2) is 5.43 Å². The number of carbonyl (C=O) groups is 1. The molecule has 2 aliphatic rings. The molecule has 1 saturated carbocycles. The topological polar surface area (TPSA) is 53.2 Å². The van der Waals surface area contributed by atoms with Crippen LogP contribution >= 0.6 is 0 Å². The van der Waals surface area contributed by atoms with Crippen molar-refractivity contribution in [1.29, 1.82) is 0 Å². The van der Waals surface area contributed by atoms with Crippen LogP contribution in [0.3, 0.4) is 0 Å². The second-order valence-corrected chi connectivity index (χ2v) is 6.85. The van der Waals surface area contributed by atoms with Gasteiger partial charge in [-0.25, -0.2) is 0 Å². The highest BCUT2D eigenvalue weighted by Crippen LogP contribution is 2.35. The van der Waals surface area contributed by atoms with E-state index in [1.165, 1.54) is 31.7 Å². The molecule has 1 aliphatic heterocycles. The summed E-state index contributed by atoms with van der Waals surface area (Å²) in [5, 5.41) is 0.637. The average Bonchev–Trinajstić information content (AvgIpc) is 3.25. The summed E-state index contributed by atoms with van der Waals surface area (Å²) >= 11 is 0. The number of para-hydroxylation sites is 1. The number of nitrogens with zero attached hydrogens (tertiary/aromatic N) is 1. The highest BCUT2D eigenvalue weighted by Gasteiger charge is 2.36. The summed E-state index contributed by atoms with van der Waals surface area (Å²) in [7, 11) is 0. The molecule has 2 heterocycles. The first kappa shape index (κ1) is 14.5. The lowest BCUT2D eigenvalue weighted by atomic mass is 9.96. The molecule has 0 spiro atoms. The predicted octanol–water partition coefficient (Wildman–Crippen LogP) is 3.32. The Kier molecular flexibility index (Phi) is 3.68. The standard InChI is InChI=1S/C19H22N2O2/c22-18-12-16(20-15-9-4-3-8-14(15)18)19(23)21-11-5-10-17(21)13-6-1-2-7-13/h3-4,8-9,12-13,17H,1-2,5-7,10-11H2,(H,20,22)/t17-/m0/s1. The van der Waals surface area contributed by atoms with Crippen LogP contribution in [-0.2, 0) is 0 Å². The monoisotopic (exact) mass is 310 g/mol. The van der Waals surface area contributed by atoms with Crippen LogP contribution in [0.25, 0.3) is 10.9 Å². The van der Waals surface area contributed by atoms with Crippen LogP contribution in [0.15, 0.2) is 35.1 Å². The Morgan fingerprint density at radius 2 is 1.87 bits per heavy atom. The summed E-state index contributed by atoms with van der Waals surface area (Å²) < 4.78 is 0. The third kappa shape index (κ3) is 2.56. The van der Waals surface area contributed by atoms with E-state index >= 15 is 0 Å². The van der Waals surface area contributed by atoms with Crippen LogP contribution in [0, 0.1) is 5.92 Å². The zero-order valence-corrected chi connectivity index (χ0v) is 13.3. The van der Waals surface area contributed by atoms with Gasteiger partial charge >= 0.3 is 0 Å². The normalized spacial score (nSPS) is 22.1. The lowest BCUT2D eigenvalue weighted by Gasteiger charge is -2.29. The van der Waals surface area contributed by atoms with E-state index in [-0.39, 0.29) is 11.3 Å². The Balaban J connectivity index is 1.67.